The third kappa shape index (κ3) is 86.1. The third-order valence-electron chi connectivity index (χ3n) is 0. The first-order valence-electron chi connectivity index (χ1n) is 0.730. The molecule has 0 heterocycles. The minimum Gasteiger partial charge on any atom is -0.822 e. The predicted molar refractivity (Wildman–Crippen MR) is 7.61 cm³/mol. The summed E-state index contributed by atoms with van der Waals surface area (Å²) in [4.78, 5) is 25.6. The summed E-state index contributed by atoms with van der Waals surface area (Å²) >= 11 is 0. The van der Waals surface area contributed by atoms with Crippen molar-refractivity contribution in [2.45, 2.75) is 0 Å². The van der Waals surface area contributed by atoms with E-state index in [0.717, 1.165) is 0 Å². The molecule has 32 valence electrons. The van der Waals surface area contributed by atoms with Gasteiger partial charge in [0.25, 0.3) is 0 Å². The first-order valence-corrected chi connectivity index (χ1v) is 2.19. The second-order valence-electron chi connectivity index (χ2n) is 0.447. The largest absolute Gasteiger partial charge is 4.00 e. The Balaban J connectivity index is -0.0000000800. The molecule has 0 amide bonds. The summed E-state index contributed by atoms with van der Waals surface area (Å²) in [5, 5.41) is 0. The van der Waals surface area contributed by atoms with Gasteiger partial charge in [0.05, 0.1) is 0 Å². The molecule has 0 aliphatic heterocycles. The Labute approximate surface area is 74.6 Å². The molecule has 0 atom stereocenters. The van der Waals surface area contributed by atoms with Crippen molar-refractivity contribution in [3.05, 3.63) is 0 Å². The average molecular weight is 234 g/mol. The molecule has 0 radical (unpaired) electrons. The summed E-state index contributed by atoms with van der Waals surface area (Å²) < 4.78 is 8.55. The van der Waals surface area contributed by atoms with E-state index in [1.165, 1.54) is 0 Å². The van der Waals surface area contributed by atoms with Gasteiger partial charge in [0, 0.05) is 0 Å². The van der Waals surface area contributed by atoms with Crippen molar-refractivity contribution < 1.29 is 67.2 Å². The van der Waals surface area contributed by atoms with Gasteiger partial charge >= 0.3 is 47.9 Å². The van der Waals surface area contributed by atoms with E-state index in [1.807, 2.05) is 0 Å². The third-order valence-corrected chi connectivity index (χ3v) is 0. The minimum atomic E-state index is -5.39. The second-order valence-corrected chi connectivity index (χ2v) is 1.34. The molecule has 0 bridgehead atoms. The Morgan fingerprint density at radius 1 is 1.14 bits per heavy atom. The molecule has 0 aromatic carbocycles. The summed E-state index contributed by atoms with van der Waals surface area (Å²) in [7, 11) is -5.39. The maximum Gasteiger partial charge on any atom is 4.00 e. The van der Waals surface area contributed by atoms with E-state index >= 15 is 0 Å². The second kappa shape index (κ2) is 5.84. The Kier molecular flexibility index (Phi) is 13.2. The summed E-state index contributed by atoms with van der Waals surface area (Å²) in [5.74, 6) is 0. The van der Waals surface area contributed by atoms with Gasteiger partial charge in [-0.15, -0.1) is 0 Å². The van der Waals surface area contributed by atoms with Crippen LogP contribution in [0.2, 0.25) is 0 Å². The molecule has 0 aliphatic carbocycles. The normalized spacial score (nSPS) is 8.43. The zero-order valence-electron chi connectivity index (χ0n) is 3.08. The summed E-state index contributed by atoms with van der Waals surface area (Å²) in [6.07, 6.45) is 0. The van der Waals surface area contributed by atoms with E-state index in [4.69, 9.17) is 19.2 Å². The Hall–Kier alpha value is 1.71. The fourth-order valence-corrected chi connectivity index (χ4v) is 0. The molecule has 7 heavy (non-hydrogen) atoms. The zero-order chi connectivity index (χ0) is 4.50. The van der Waals surface area contributed by atoms with Crippen LogP contribution in [-0.4, -0.2) is 0 Å². The molecule has 0 spiro atoms. The van der Waals surface area contributed by atoms with Crippen molar-refractivity contribution in [3.63, 3.8) is 0 Å². The summed E-state index contributed by atoms with van der Waals surface area (Å²) in [6.45, 7) is 0. The van der Waals surface area contributed by atoms with E-state index in [1.54, 1.807) is 0 Å². The number of rotatable bonds is 0. The van der Waals surface area contributed by atoms with Crippen molar-refractivity contribution in [3.8, 4) is 0 Å². The van der Waals surface area contributed by atoms with E-state index in [0.29, 0.717) is 0 Å². The van der Waals surface area contributed by atoms with E-state index in [2.05, 4.69) is 0 Å². The summed E-state index contributed by atoms with van der Waals surface area (Å²) in [5.41, 5.74) is 0. The van der Waals surface area contributed by atoms with Gasteiger partial charge in [-0.25, -0.2) is 0 Å². The van der Waals surface area contributed by atoms with Crippen LogP contribution in [0.4, 0.5) is 0 Å². The van der Waals surface area contributed by atoms with Gasteiger partial charge in [-0.3, -0.25) is 0 Å². The standard InChI is InChI=1S/H3O4P.Ti.Zr/c1-5(2,3)4;;/h(H3,1,2,3,4);;/q;2*+4/p-3. The fourth-order valence-electron chi connectivity index (χ4n) is 0. The van der Waals surface area contributed by atoms with Gasteiger partial charge in [-0.2, -0.15) is 7.82 Å². The molecule has 0 aromatic rings. The van der Waals surface area contributed by atoms with Crippen LogP contribution in [0.3, 0.4) is 0 Å². The predicted octanol–water partition coefficient (Wildman–Crippen LogP) is -2.83. The van der Waals surface area contributed by atoms with Gasteiger partial charge in [-0.05, 0) is 0 Å². The van der Waals surface area contributed by atoms with Crippen molar-refractivity contribution >= 4 is 7.82 Å². The van der Waals surface area contributed by atoms with Crippen molar-refractivity contribution in [1.29, 1.82) is 0 Å². The topological polar surface area (TPSA) is 86.2 Å². The quantitative estimate of drug-likeness (QED) is 0.334. The van der Waals surface area contributed by atoms with E-state index in [9.17, 15) is 0 Å². The Bertz CT molecular complexity index is 57.8. The molecule has 0 saturated carbocycles. The van der Waals surface area contributed by atoms with Crippen LogP contribution in [0, 0.1) is 0 Å². The molecule has 7 heteroatoms. The molecule has 0 saturated heterocycles. The first kappa shape index (κ1) is 15.9. The SMILES string of the molecule is O=P([O-])([O-])[O-].[Ti+4].[Zr+4]. The van der Waals surface area contributed by atoms with Crippen molar-refractivity contribution in [2.75, 3.05) is 0 Å². The van der Waals surface area contributed by atoms with Crippen LogP contribution in [0.15, 0.2) is 0 Å². The average Bonchev–Trinajstić information content (AvgIpc) is 0.722. The minimum absolute atomic E-state index is 0. The molecule has 0 unspecified atom stereocenters. The van der Waals surface area contributed by atoms with Crippen LogP contribution in [0.5, 0.6) is 0 Å². The Morgan fingerprint density at radius 3 is 1.14 bits per heavy atom. The van der Waals surface area contributed by atoms with Crippen LogP contribution in [-0.2, 0) is 52.5 Å². The molecule has 0 aromatic heterocycles. The summed E-state index contributed by atoms with van der Waals surface area (Å²) in [6, 6.07) is 0. The van der Waals surface area contributed by atoms with Crippen molar-refractivity contribution in [1.82, 2.24) is 0 Å². The van der Waals surface area contributed by atoms with Crippen LogP contribution < -0.4 is 14.7 Å². The molecular formula is O4PTiZr+5. The zero-order valence-corrected chi connectivity index (χ0v) is 7.99. The number of phosphoric acid groups is 1. The first-order chi connectivity index (χ1) is 2.00. The van der Waals surface area contributed by atoms with E-state index < -0.39 is 7.82 Å². The maximum absolute atomic E-state index is 8.55. The van der Waals surface area contributed by atoms with Gasteiger partial charge < -0.3 is 19.2 Å². The monoisotopic (exact) mass is 233 g/mol. The fraction of sp³-hybridized carbons (Fsp3) is 0. The number of hydrogen-bond donors (Lipinski definition) is 0. The molecular weight excluding hydrogens is 234 g/mol. The number of hydrogen-bond acceptors (Lipinski definition) is 4. The maximum atomic E-state index is 8.55. The van der Waals surface area contributed by atoms with Gasteiger partial charge in [0.2, 0.25) is 0 Å². The molecule has 0 N–H and O–H groups in total. The van der Waals surface area contributed by atoms with Crippen LogP contribution in [0.25, 0.3) is 0 Å². The van der Waals surface area contributed by atoms with Gasteiger partial charge in [0.1, 0.15) is 0 Å². The molecule has 0 aliphatic rings. The van der Waals surface area contributed by atoms with Gasteiger partial charge in [0.15, 0.2) is 0 Å². The van der Waals surface area contributed by atoms with E-state index in [-0.39, 0.29) is 47.9 Å². The van der Waals surface area contributed by atoms with Crippen LogP contribution in [0.1, 0.15) is 0 Å². The Morgan fingerprint density at radius 2 is 1.14 bits per heavy atom. The molecule has 0 fully saturated rings. The van der Waals surface area contributed by atoms with Crippen LogP contribution >= 0.6 is 7.82 Å². The van der Waals surface area contributed by atoms with Crippen molar-refractivity contribution in [2.24, 2.45) is 0 Å². The molecule has 0 rings (SSSR count). The smallest absolute Gasteiger partial charge is 0.822 e. The molecule has 4 nitrogen and oxygen atoms in total. The van der Waals surface area contributed by atoms with Gasteiger partial charge in [-0.1, -0.05) is 0 Å².